The van der Waals surface area contributed by atoms with Crippen molar-refractivity contribution < 1.29 is 4.79 Å². The van der Waals surface area contributed by atoms with Gasteiger partial charge in [-0.2, -0.15) is 0 Å². The van der Waals surface area contributed by atoms with Crippen molar-refractivity contribution in [3.63, 3.8) is 0 Å². The normalized spacial score (nSPS) is 16.3. The number of H-pyrrole nitrogens is 1. The van der Waals surface area contributed by atoms with E-state index in [1.54, 1.807) is 0 Å². The summed E-state index contributed by atoms with van der Waals surface area (Å²) in [6, 6.07) is 0. The van der Waals surface area contributed by atoms with Crippen LogP contribution < -0.4 is 11.3 Å². The molecule has 1 aromatic rings. The molecule has 0 unspecified atom stereocenters. The molecule has 1 aliphatic carbocycles. The summed E-state index contributed by atoms with van der Waals surface area (Å²) in [6.07, 6.45) is 4.50. The van der Waals surface area contributed by atoms with Crippen LogP contribution in [0.15, 0.2) is 4.79 Å². The van der Waals surface area contributed by atoms with E-state index >= 15 is 0 Å². The second-order valence-corrected chi connectivity index (χ2v) is 5.42. The van der Waals surface area contributed by atoms with Crippen LogP contribution in [0.2, 0.25) is 0 Å². The zero-order chi connectivity index (χ0) is 12.4. The summed E-state index contributed by atoms with van der Waals surface area (Å²) < 4.78 is 0.641. The molecule has 6 heteroatoms. The van der Waals surface area contributed by atoms with Gasteiger partial charge in [-0.25, -0.2) is 4.98 Å². The standard InChI is InChI=1S/C11H14IN3O2/c12-9-10(6-3-1-2-4-6)14-8(5-7(13)16)15-11(9)17/h6H,1-5H2,(H2,13,16)(H,14,15,17). The van der Waals surface area contributed by atoms with Crippen LogP contribution in [0.3, 0.4) is 0 Å². The number of hydrogen-bond donors (Lipinski definition) is 2. The summed E-state index contributed by atoms with van der Waals surface area (Å²) in [5.74, 6) is 0.257. The molecule has 0 aliphatic heterocycles. The van der Waals surface area contributed by atoms with Gasteiger partial charge in [0.2, 0.25) is 5.91 Å². The zero-order valence-corrected chi connectivity index (χ0v) is 11.5. The zero-order valence-electron chi connectivity index (χ0n) is 9.33. The largest absolute Gasteiger partial charge is 0.369 e. The van der Waals surface area contributed by atoms with E-state index in [1.807, 2.05) is 22.6 Å². The van der Waals surface area contributed by atoms with Gasteiger partial charge >= 0.3 is 0 Å². The lowest BCUT2D eigenvalue weighted by atomic mass is 10.0. The van der Waals surface area contributed by atoms with Gasteiger partial charge in [0.25, 0.3) is 5.56 Å². The number of carbonyl (C=O) groups excluding carboxylic acids is 1. The first kappa shape index (κ1) is 12.5. The summed E-state index contributed by atoms with van der Waals surface area (Å²) in [4.78, 5) is 29.6. The number of aromatic nitrogens is 2. The van der Waals surface area contributed by atoms with Crippen molar-refractivity contribution in [2.24, 2.45) is 5.73 Å². The maximum atomic E-state index is 11.7. The van der Waals surface area contributed by atoms with Gasteiger partial charge in [-0.3, -0.25) is 9.59 Å². The molecule has 1 amide bonds. The first-order valence-electron chi connectivity index (χ1n) is 5.65. The van der Waals surface area contributed by atoms with Gasteiger partial charge in [-0.1, -0.05) is 12.8 Å². The lowest BCUT2D eigenvalue weighted by Crippen LogP contribution is -2.23. The molecular formula is C11H14IN3O2. The van der Waals surface area contributed by atoms with Crippen LogP contribution in [0.5, 0.6) is 0 Å². The summed E-state index contributed by atoms with van der Waals surface area (Å²) in [5, 5.41) is 0. The monoisotopic (exact) mass is 347 g/mol. The van der Waals surface area contributed by atoms with Gasteiger partial charge in [0.1, 0.15) is 5.82 Å². The third-order valence-corrected chi connectivity index (χ3v) is 4.06. The molecule has 0 bridgehead atoms. The Balaban J connectivity index is 2.39. The summed E-state index contributed by atoms with van der Waals surface area (Å²) in [6.45, 7) is 0. The average Bonchev–Trinajstić information content (AvgIpc) is 2.75. The van der Waals surface area contributed by atoms with E-state index in [2.05, 4.69) is 9.97 Å². The Kier molecular flexibility index (Phi) is 3.80. The Labute approximate surface area is 112 Å². The topological polar surface area (TPSA) is 88.8 Å². The number of nitrogens with zero attached hydrogens (tertiary/aromatic N) is 1. The SMILES string of the molecule is NC(=O)Cc1nc(C2CCCC2)c(I)c(=O)[nH]1. The van der Waals surface area contributed by atoms with Crippen LogP contribution in [-0.4, -0.2) is 15.9 Å². The second kappa shape index (κ2) is 5.16. The molecule has 0 aromatic carbocycles. The number of nitrogens with two attached hydrogens (primary N) is 1. The Morgan fingerprint density at radius 2 is 2.12 bits per heavy atom. The first-order chi connectivity index (χ1) is 8.08. The molecule has 3 N–H and O–H groups in total. The van der Waals surface area contributed by atoms with Gasteiger partial charge in [0, 0.05) is 5.92 Å². The van der Waals surface area contributed by atoms with Gasteiger partial charge in [0.15, 0.2) is 0 Å². The van der Waals surface area contributed by atoms with Crippen LogP contribution in [0.25, 0.3) is 0 Å². The Hall–Kier alpha value is -0.920. The van der Waals surface area contributed by atoms with Crippen molar-refractivity contribution in [1.29, 1.82) is 0 Å². The number of amides is 1. The number of primary amides is 1. The maximum absolute atomic E-state index is 11.7. The molecule has 0 radical (unpaired) electrons. The van der Waals surface area contributed by atoms with Crippen molar-refractivity contribution in [3.8, 4) is 0 Å². The van der Waals surface area contributed by atoms with E-state index in [1.165, 1.54) is 12.8 Å². The van der Waals surface area contributed by atoms with Crippen LogP contribution in [0.4, 0.5) is 0 Å². The third kappa shape index (κ3) is 2.85. The number of rotatable bonds is 3. The molecule has 2 rings (SSSR count). The molecule has 1 aromatic heterocycles. The molecule has 1 aliphatic rings. The fourth-order valence-corrected chi connectivity index (χ4v) is 2.94. The second-order valence-electron chi connectivity index (χ2n) is 4.34. The first-order valence-corrected chi connectivity index (χ1v) is 6.72. The highest BCUT2D eigenvalue weighted by molar-refractivity contribution is 14.1. The van der Waals surface area contributed by atoms with E-state index in [-0.39, 0.29) is 12.0 Å². The van der Waals surface area contributed by atoms with E-state index in [0.29, 0.717) is 15.3 Å². The highest BCUT2D eigenvalue weighted by Gasteiger charge is 2.23. The smallest absolute Gasteiger partial charge is 0.264 e. The molecule has 0 spiro atoms. The van der Waals surface area contributed by atoms with Gasteiger partial charge in [-0.05, 0) is 35.4 Å². The number of nitrogens with one attached hydrogen (secondary N) is 1. The Bertz CT molecular complexity index is 492. The minimum Gasteiger partial charge on any atom is -0.369 e. The minimum absolute atomic E-state index is 0.00806. The Morgan fingerprint density at radius 1 is 1.47 bits per heavy atom. The number of aromatic amines is 1. The highest BCUT2D eigenvalue weighted by atomic mass is 127. The molecule has 1 saturated carbocycles. The lowest BCUT2D eigenvalue weighted by molar-refractivity contribution is -0.117. The fourth-order valence-electron chi connectivity index (χ4n) is 2.24. The van der Waals surface area contributed by atoms with Gasteiger partial charge < -0.3 is 10.7 Å². The molecule has 0 saturated heterocycles. The maximum Gasteiger partial charge on any atom is 0.264 e. The number of halogens is 1. The number of carbonyl (C=O) groups is 1. The molecule has 0 atom stereocenters. The molecule has 17 heavy (non-hydrogen) atoms. The van der Waals surface area contributed by atoms with Crippen LogP contribution in [0.1, 0.15) is 43.1 Å². The number of hydrogen-bond acceptors (Lipinski definition) is 3. The van der Waals surface area contributed by atoms with Crippen molar-refractivity contribution in [2.75, 3.05) is 0 Å². The summed E-state index contributed by atoms with van der Waals surface area (Å²) in [5.41, 5.74) is 5.78. The van der Waals surface area contributed by atoms with Gasteiger partial charge in [-0.15, -0.1) is 0 Å². The predicted octanol–water partition coefficient (Wildman–Crippen LogP) is 1.06. The molecule has 92 valence electrons. The van der Waals surface area contributed by atoms with E-state index in [0.717, 1.165) is 18.5 Å². The minimum atomic E-state index is -0.480. The summed E-state index contributed by atoms with van der Waals surface area (Å²) >= 11 is 2.02. The molecule has 1 heterocycles. The fraction of sp³-hybridized carbons (Fsp3) is 0.545. The Morgan fingerprint density at radius 3 is 2.71 bits per heavy atom. The van der Waals surface area contributed by atoms with E-state index < -0.39 is 5.91 Å². The van der Waals surface area contributed by atoms with Gasteiger partial charge in [0.05, 0.1) is 15.7 Å². The average molecular weight is 347 g/mol. The molecule has 1 fully saturated rings. The lowest BCUT2D eigenvalue weighted by Gasteiger charge is -2.11. The van der Waals surface area contributed by atoms with Crippen LogP contribution in [-0.2, 0) is 11.2 Å². The van der Waals surface area contributed by atoms with Crippen molar-refractivity contribution in [3.05, 3.63) is 25.4 Å². The van der Waals surface area contributed by atoms with Crippen LogP contribution >= 0.6 is 22.6 Å². The van der Waals surface area contributed by atoms with Crippen molar-refractivity contribution in [1.82, 2.24) is 9.97 Å². The van der Waals surface area contributed by atoms with Crippen LogP contribution in [0, 0.1) is 3.57 Å². The quantitative estimate of drug-likeness (QED) is 0.802. The predicted molar refractivity (Wildman–Crippen MR) is 71.7 cm³/mol. The van der Waals surface area contributed by atoms with Crippen molar-refractivity contribution >= 4 is 28.5 Å². The molecular weight excluding hydrogens is 333 g/mol. The summed E-state index contributed by atoms with van der Waals surface area (Å²) in [7, 11) is 0. The highest BCUT2D eigenvalue weighted by Crippen LogP contribution is 2.34. The third-order valence-electron chi connectivity index (χ3n) is 3.02. The van der Waals surface area contributed by atoms with E-state index in [9.17, 15) is 9.59 Å². The van der Waals surface area contributed by atoms with Crippen molar-refractivity contribution in [2.45, 2.75) is 38.0 Å². The molecule has 5 nitrogen and oxygen atoms in total. The van der Waals surface area contributed by atoms with E-state index in [4.69, 9.17) is 5.73 Å².